The molecule has 0 aliphatic carbocycles. The van der Waals surface area contributed by atoms with Crippen molar-refractivity contribution in [3.05, 3.63) is 66.8 Å². The molecule has 1 unspecified atom stereocenters. The molecule has 27 heavy (non-hydrogen) atoms. The Morgan fingerprint density at radius 1 is 0.963 bits per heavy atom. The van der Waals surface area contributed by atoms with E-state index in [0.29, 0.717) is 6.54 Å². The summed E-state index contributed by atoms with van der Waals surface area (Å²) in [4.78, 5) is 26.1. The lowest BCUT2D eigenvalue weighted by molar-refractivity contribution is 0.800. The summed E-state index contributed by atoms with van der Waals surface area (Å²) in [7, 11) is 0. The van der Waals surface area contributed by atoms with Crippen LogP contribution in [0.5, 0.6) is 0 Å². The number of aromatic nitrogens is 6. The van der Waals surface area contributed by atoms with E-state index in [1.54, 1.807) is 24.9 Å². The van der Waals surface area contributed by atoms with Gasteiger partial charge in [-0.15, -0.1) is 0 Å². The molecule has 4 heterocycles. The van der Waals surface area contributed by atoms with Crippen LogP contribution < -0.4 is 5.32 Å². The van der Waals surface area contributed by atoms with E-state index in [9.17, 15) is 0 Å². The molecule has 7 nitrogen and oxygen atoms in total. The molecular weight excluding hydrogens is 338 g/mol. The number of pyridine rings is 2. The van der Waals surface area contributed by atoms with Crippen molar-refractivity contribution >= 4 is 16.9 Å². The van der Waals surface area contributed by atoms with Crippen LogP contribution in [0.4, 0.5) is 5.82 Å². The van der Waals surface area contributed by atoms with Gasteiger partial charge in [0.05, 0.1) is 17.4 Å². The maximum Gasteiger partial charge on any atom is 0.129 e. The van der Waals surface area contributed by atoms with Crippen LogP contribution in [-0.4, -0.2) is 36.4 Å². The minimum atomic E-state index is 0.192. The fraction of sp³-hybridized carbons (Fsp3) is 0.200. The smallest absolute Gasteiger partial charge is 0.129 e. The number of rotatable bonds is 5. The first kappa shape index (κ1) is 17.0. The van der Waals surface area contributed by atoms with Crippen molar-refractivity contribution in [3.63, 3.8) is 0 Å². The monoisotopic (exact) mass is 357 g/mol. The summed E-state index contributed by atoms with van der Waals surface area (Å²) in [6.07, 6.45) is 10.4. The van der Waals surface area contributed by atoms with Crippen LogP contribution in [0.2, 0.25) is 0 Å². The molecule has 0 bridgehead atoms. The van der Waals surface area contributed by atoms with E-state index in [-0.39, 0.29) is 5.92 Å². The fourth-order valence-electron chi connectivity index (χ4n) is 2.87. The molecular formula is C20H19N7. The van der Waals surface area contributed by atoms with Crippen LogP contribution >= 0.6 is 0 Å². The van der Waals surface area contributed by atoms with E-state index in [0.717, 1.165) is 39.4 Å². The Kier molecular flexibility index (Phi) is 4.65. The van der Waals surface area contributed by atoms with Gasteiger partial charge < -0.3 is 5.32 Å². The lowest BCUT2D eigenvalue weighted by Gasteiger charge is -2.14. The van der Waals surface area contributed by atoms with Gasteiger partial charge in [-0.1, -0.05) is 6.92 Å². The molecule has 0 radical (unpaired) electrons. The number of hydrogen-bond acceptors (Lipinski definition) is 7. The molecule has 134 valence electrons. The zero-order valence-electron chi connectivity index (χ0n) is 15.2. The van der Waals surface area contributed by atoms with E-state index in [1.807, 2.05) is 37.5 Å². The van der Waals surface area contributed by atoms with E-state index >= 15 is 0 Å². The van der Waals surface area contributed by atoms with Crippen molar-refractivity contribution in [3.8, 4) is 11.3 Å². The van der Waals surface area contributed by atoms with E-state index < -0.39 is 0 Å². The number of hydrogen-bond donors (Lipinski definition) is 1. The summed E-state index contributed by atoms with van der Waals surface area (Å²) in [6.45, 7) is 4.79. The SMILES string of the molecule is Cc1ccc(-c2cc(NCC(C)c3cncc4nccnc34)ncn2)cn1. The third-order valence-corrected chi connectivity index (χ3v) is 4.40. The molecule has 1 atom stereocenters. The van der Waals surface area contributed by atoms with Gasteiger partial charge in [-0.25, -0.2) is 9.97 Å². The van der Waals surface area contributed by atoms with Crippen molar-refractivity contribution in [1.82, 2.24) is 29.9 Å². The second-order valence-corrected chi connectivity index (χ2v) is 6.41. The van der Waals surface area contributed by atoms with Gasteiger partial charge in [0.15, 0.2) is 0 Å². The third kappa shape index (κ3) is 3.72. The highest BCUT2D eigenvalue weighted by molar-refractivity contribution is 5.76. The highest BCUT2D eigenvalue weighted by atomic mass is 15.0. The first-order valence-corrected chi connectivity index (χ1v) is 8.74. The molecule has 0 aliphatic rings. The van der Waals surface area contributed by atoms with E-state index in [4.69, 9.17) is 0 Å². The van der Waals surface area contributed by atoms with Gasteiger partial charge in [0, 0.05) is 60.1 Å². The van der Waals surface area contributed by atoms with Gasteiger partial charge in [-0.3, -0.25) is 19.9 Å². The molecule has 4 aromatic heterocycles. The average molecular weight is 357 g/mol. The summed E-state index contributed by atoms with van der Waals surface area (Å²) < 4.78 is 0. The Labute approximate surface area is 157 Å². The minimum absolute atomic E-state index is 0.192. The van der Waals surface area contributed by atoms with Gasteiger partial charge in [0.2, 0.25) is 0 Å². The minimum Gasteiger partial charge on any atom is -0.369 e. The molecule has 0 saturated carbocycles. The van der Waals surface area contributed by atoms with Crippen LogP contribution in [0.15, 0.2) is 55.5 Å². The summed E-state index contributed by atoms with van der Waals surface area (Å²) >= 11 is 0. The van der Waals surface area contributed by atoms with Crippen molar-refractivity contribution in [1.29, 1.82) is 0 Å². The largest absolute Gasteiger partial charge is 0.369 e. The summed E-state index contributed by atoms with van der Waals surface area (Å²) in [6, 6.07) is 5.92. The Bertz CT molecular complexity index is 1060. The van der Waals surface area contributed by atoms with Crippen LogP contribution in [0.1, 0.15) is 24.1 Å². The van der Waals surface area contributed by atoms with Crippen LogP contribution in [0, 0.1) is 6.92 Å². The predicted octanol–water partition coefficient (Wildman–Crippen LogP) is 3.40. The standard InChI is InChI=1S/C20H19N7/c1-13(16-10-21-11-18-20(16)23-6-5-22-18)8-25-19-7-17(26-12-27-19)15-4-3-14(2)24-9-15/h3-7,9-13H,8H2,1-2H3,(H,25,26,27). The number of anilines is 1. The lowest BCUT2D eigenvalue weighted by Crippen LogP contribution is -2.12. The Hall–Kier alpha value is -3.48. The maximum absolute atomic E-state index is 4.46. The molecule has 0 aliphatic heterocycles. The van der Waals surface area contributed by atoms with Crippen molar-refractivity contribution in [2.75, 3.05) is 11.9 Å². The molecule has 0 fully saturated rings. The van der Waals surface area contributed by atoms with Gasteiger partial charge in [-0.05, 0) is 19.1 Å². The molecule has 0 aromatic carbocycles. The Morgan fingerprint density at radius 2 is 1.85 bits per heavy atom. The van der Waals surface area contributed by atoms with Crippen LogP contribution in [0.3, 0.4) is 0 Å². The first-order chi connectivity index (χ1) is 13.2. The Morgan fingerprint density at radius 3 is 2.70 bits per heavy atom. The third-order valence-electron chi connectivity index (χ3n) is 4.40. The number of nitrogens with one attached hydrogen (secondary N) is 1. The first-order valence-electron chi connectivity index (χ1n) is 8.74. The van der Waals surface area contributed by atoms with E-state index in [1.165, 1.54) is 0 Å². The second kappa shape index (κ2) is 7.41. The summed E-state index contributed by atoms with van der Waals surface area (Å²) in [5.41, 5.74) is 5.53. The van der Waals surface area contributed by atoms with Gasteiger partial charge in [-0.2, -0.15) is 0 Å². The zero-order valence-corrected chi connectivity index (χ0v) is 15.2. The molecule has 0 spiro atoms. The molecule has 4 rings (SSSR count). The number of aryl methyl sites for hydroxylation is 1. The Balaban J connectivity index is 1.51. The molecule has 7 heteroatoms. The number of nitrogens with zero attached hydrogens (tertiary/aromatic N) is 6. The highest BCUT2D eigenvalue weighted by Gasteiger charge is 2.12. The predicted molar refractivity (Wildman–Crippen MR) is 104 cm³/mol. The average Bonchev–Trinajstić information content (AvgIpc) is 2.72. The highest BCUT2D eigenvalue weighted by Crippen LogP contribution is 2.23. The molecule has 0 saturated heterocycles. The normalized spacial score (nSPS) is 12.1. The van der Waals surface area contributed by atoms with Gasteiger partial charge >= 0.3 is 0 Å². The van der Waals surface area contributed by atoms with Crippen LogP contribution in [-0.2, 0) is 0 Å². The zero-order chi connectivity index (χ0) is 18.6. The van der Waals surface area contributed by atoms with Crippen molar-refractivity contribution in [2.45, 2.75) is 19.8 Å². The molecule has 1 N–H and O–H groups in total. The van der Waals surface area contributed by atoms with Gasteiger partial charge in [0.1, 0.15) is 17.7 Å². The quantitative estimate of drug-likeness (QED) is 0.585. The fourth-order valence-corrected chi connectivity index (χ4v) is 2.87. The lowest BCUT2D eigenvalue weighted by atomic mass is 10.0. The molecule has 0 amide bonds. The maximum atomic E-state index is 4.46. The summed E-state index contributed by atoms with van der Waals surface area (Å²) in [5.74, 6) is 0.962. The number of fused-ring (bicyclic) bond motifs is 1. The van der Waals surface area contributed by atoms with E-state index in [2.05, 4.69) is 42.1 Å². The summed E-state index contributed by atoms with van der Waals surface area (Å²) in [5, 5.41) is 3.38. The second-order valence-electron chi connectivity index (χ2n) is 6.41. The van der Waals surface area contributed by atoms with Crippen molar-refractivity contribution < 1.29 is 0 Å². The molecule has 4 aromatic rings. The van der Waals surface area contributed by atoms with Crippen LogP contribution in [0.25, 0.3) is 22.3 Å². The topological polar surface area (TPSA) is 89.4 Å². The van der Waals surface area contributed by atoms with Crippen molar-refractivity contribution in [2.24, 2.45) is 0 Å². The van der Waals surface area contributed by atoms with Gasteiger partial charge in [0.25, 0.3) is 0 Å².